The van der Waals surface area contributed by atoms with Gasteiger partial charge in [0, 0.05) is 16.1 Å². The summed E-state index contributed by atoms with van der Waals surface area (Å²) in [4.78, 5) is 0. The molecule has 1 heterocycles. The molecule has 0 atom stereocenters. The van der Waals surface area contributed by atoms with Crippen molar-refractivity contribution >= 4 is 21.7 Å². The average molecular weight is 267 g/mol. The lowest BCUT2D eigenvalue weighted by Crippen LogP contribution is -1.85. The van der Waals surface area contributed by atoms with Gasteiger partial charge in [-0.25, -0.2) is 0 Å². The third kappa shape index (κ3) is 1.90. The monoisotopic (exact) mass is 266 g/mol. The smallest absolute Gasteiger partial charge is 0.170 e. The lowest BCUT2D eigenvalue weighted by molar-refractivity contribution is 0.435. The van der Waals surface area contributed by atoms with Crippen molar-refractivity contribution in [3.8, 4) is 11.3 Å². The van der Waals surface area contributed by atoms with Crippen molar-refractivity contribution in [2.24, 2.45) is 0 Å². The Kier molecular flexibility index (Phi) is 2.52. The molecule has 0 aliphatic rings. The molecule has 0 bridgehead atoms. The zero-order chi connectivity index (χ0) is 11.0. The van der Waals surface area contributed by atoms with E-state index in [2.05, 4.69) is 27.2 Å². The van der Waals surface area contributed by atoms with E-state index >= 15 is 0 Å². The van der Waals surface area contributed by atoms with E-state index < -0.39 is 0 Å². The highest BCUT2D eigenvalue weighted by Crippen LogP contribution is 2.32. The quantitative estimate of drug-likeness (QED) is 0.862. The van der Waals surface area contributed by atoms with Crippen molar-refractivity contribution < 1.29 is 4.52 Å². The van der Waals surface area contributed by atoms with E-state index in [-0.39, 0.29) is 0 Å². The predicted molar refractivity (Wildman–Crippen MR) is 63.5 cm³/mol. The molecule has 0 saturated heterocycles. The first kappa shape index (κ1) is 10.2. The molecule has 1 aromatic carbocycles. The Hall–Kier alpha value is -1.29. The Morgan fingerprint density at radius 3 is 2.60 bits per heavy atom. The topological polar surface area (TPSA) is 52.0 Å². The number of aryl methyl sites for hydroxylation is 2. The fraction of sp³-hybridized carbons (Fsp3) is 0.182. The molecule has 0 unspecified atom stereocenters. The van der Waals surface area contributed by atoms with Gasteiger partial charge in [-0.15, -0.1) is 0 Å². The number of aromatic nitrogens is 1. The fourth-order valence-corrected chi connectivity index (χ4v) is 1.97. The molecule has 0 fully saturated rings. The van der Waals surface area contributed by atoms with Crippen LogP contribution >= 0.6 is 15.9 Å². The SMILES string of the molecule is Cc1cc(C)c(Br)c(-c2cc(N)no2)c1. The molecule has 2 rings (SSSR count). The highest BCUT2D eigenvalue weighted by Gasteiger charge is 2.11. The standard InChI is InChI=1S/C11H11BrN2O/c1-6-3-7(2)11(12)8(4-6)9-5-10(13)14-15-9/h3-5H,1-2H3,(H2,13,14). The number of hydrogen-bond donors (Lipinski definition) is 1. The second kappa shape index (κ2) is 3.70. The third-order valence-corrected chi connectivity index (χ3v) is 3.25. The number of halogens is 1. The molecule has 0 spiro atoms. The average Bonchev–Trinajstić information content (AvgIpc) is 2.58. The minimum Gasteiger partial charge on any atom is -0.381 e. The first-order valence-corrected chi connectivity index (χ1v) is 5.36. The lowest BCUT2D eigenvalue weighted by atomic mass is 10.1. The number of hydrogen-bond acceptors (Lipinski definition) is 3. The van der Waals surface area contributed by atoms with Gasteiger partial charge in [0.25, 0.3) is 0 Å². The highest BCUT2D eigenvalue weighted by molar-refractivity contribution is 9.10. The van der Waals surface area contributed by atoms with Crippen molar-refractivity contribution in [1.29, 1.82) is 0 Å². The van der Waals surface area contributed by atoms with Crippen LogP contribution in [0.25, 0.3) is 11.3 Å². The molecule has 1 aromatic heterocycles. The summed E-state index contributed by atoms with van der Waals surface area (Å²) in [6, 6.07) is 5.86. The molecule has 2 aromatic rings. The second-order valence-corrected chi connectivity index (χ2v) is 4.35. The first-order chi connectivity index (χ1) is 7.08. The molecule has 0 aliphatic carbocycles. The molecule has 3 nitrogen and oxygen atoms in total. The molecule has 78 valence electrons. The molecular weight excluding hydrogens is 256 g/mol. The van der Waals surface area contributed by atoms with Crippen LogP contribution in [0.3, 0.4) is 0 Å². The molecule has 0 radical (unpaired) electrons. The Bertz CT molecular complexity index is 505. The van der Waals surface area contributed by atoms with Crippen LogP contribution in [0.2, 0.25) is 0 Å². The van der Waals surface area contributed by atoms with E-state index in [1.807, 2.05) is 19.9 Å². The predicted octanol–water partition coefficient (Wildman–Crippen LogP) is 3.30. The number of anilines is 1. The number of nitrogens with two attached hydrogens (primary N) is 1. The molecule has 4 heteroatoms. The Morgan fingerprint density at radius 2 is 2.00 bits per heavy atom. The largest absolute Gasteiger partial charge is 0.381 e. The van der Waals surface area contributed by atoms with E-state index in [0.717, 1.165) is 10.0 Å². The van der Waals surface area contributed by atoms with E-state index in [4.69, 9.17) is 10.3 Å². The van der Waals surface area contributed by atoms with Crippen LogP contribution in [0.15, 0.2) is 27.2 Å². The van der Waals surface area contributed by atoms with Crippen LogP contribution in [0.1, 0.15) is 11.1 Å². The summed E-state index contributed by atoms with van der Waals surface area (Å²) < 4.78 is 6.15. The summed E-state index contributed by atoms with van der Waals surface area (Å²) in [5.41, 5.74) is 8.85. The van der Waals surface area contributed by atoms with Gasteiger partial charge in [-0.3, -0.25) is 0 Å². The summed E-state index contributed by atoms with van der Waals surface area (Å²) in [5.74, 6) is 1.09. The van der Waals surface area contributed by atoms with Gasteiger partial charge in [0.1, 0.15) is 0 Å². The van der Waals surface area contributed by atoms with Crippen molar-refractivity contribution in [1.82, 2.24) is 5.16 Å². The molecular formula is C11H11BrN2O. The van der Waals surface area contributed by atoms with Crippen molar-refractivity contribution in [2.45, 2.75) is 13.8 Å². The van der Waals surface area contributed by atoms with Gasteiger partial charge >= 0.3 is 0 Å². The lowest BCUT2D eigenvalue weighted by Gasteiger charge is -2.05. The van der Waals surface area contributed by atoms with Gasteiger partial charge in [0.15, 0.2) is 11.6 Å². The van der Waals surface area contributed by atoms with E-state index in [1.54, 1.807) is 6.07 Å². The molecule has 2 N–H and O–H groups in total. The van der Waals surface area contributed by atoms with Crippen LogP contribution in [-0.4, -0.2) is 5.16 Å². The molecule has 0 aliphatic heterocycles. The van der Waals surface area contributed by atoms with Crippen LogP contribution in [0.5, 0.6) is 0 Å². The van der Waals surface area contributed by atoms with Gasteiger partial charge in [-0.05, 0) is 41.4 Å². The van der Waals surface area contributed by atoms with Gasteiger partial charge in [0.05, 0.1) is 0 Å². The van der Waals surface area contributed by atoms with Crippen molar-refractivity contribution in [2.75, 3.05) is 5.73 Å². The number of nitrogens with zero attached hydrogens (tertiary/aromatic N) is 1. The van der Waals surface area contributed by atoms with Crippen LogP contribution < -0.4 is 5.73 Å². The van der Waals surface area contributed by atoms with Crippen LogP contribution in [-0.2, 0) is 0 Å². The first-order valence-electron chi connectivity index (χ1n) is 4.57. The summed E-state index contributed by atoms with van der Waals surface area (Å²) in [6.45, 7) is 4.09. The highest BCUT2D eigenvalue weighted by atomic mass is 79.9. The Morgan fingerprint density at radius 1 is 1.27 bits per heavy atom. The Labute approximate surface area is 96.4 Å². The Balaban J connectivity index is 2.62. The van der Waals surface area contributed by atoms with Gasteiger partial charge in [-0.1, -0.05) is 16.8 Å². The third-order valence-electron chi connectivity index (χ3n) is 2.19. The van der Waals surface area contributed by atoms with E-state index in [0.29, 0.717) is 11.6 Å². The minimum atomic E-state index is 0.399. The summed E-state index contributed by atoms with van der Waals surface area (Å²) >= 11 is 3.53. The van der Waals surface area contributed by atoms with E-state index in [1.165, 1.54) is 11.1 Å². The summed E-state index contributed by atoms with van der Waals surface area (Å²) in [7, 11) is 0. The zero-order valence-corrected chi connectivity index (χ0v) is 10.1. The number of nitrogen functional groups attached to an aromatic ring is 1. The fourth-order valence-electron chi connectivity index (χ4n) is 1.55. The second-order valence-electron chi connectivity index (χ2n) is 3.56. The van der Waals surface area contributed by atoms with Gasteiger partial charge in [-0.2, -0.15) is 0 Å². The maximum absolute atomic E-state index is 5.52. The summed E-state index contributed by atoms with van der Waals surface area (Å²) in [5, 5.41) is 3.68. The van der Waals surface area contributed by atoms with Gasteiger partial charge < -0.3 is 10.3 Å². The maximum Gasteiger partial charge on any atom is 0.170 e. The normalized spacial score (nSPS) is 10.6. The van der Waals surface area contributed by atoms with Gasteiger partial charge in [0.2, 0.25) is 0 Å². The summed E-state index contributed by atoms with van der Waals surface area (Å²) in [6.07, 6.45) is 0. The minimum absolute atomic E-state index is 0.399. The zero-order valence-electron chi connectivity index (χ0n) is 8.54. The van der Waals surface area contributed by atoms with E-state index in [9.17, 15) is 0 Å². The number of rotatable bonds is 1. The van der Waals surface area contributed by atoms with Crippen LogP contribution in [0.4, 0.5) is 5.82 Å². The van der Waals surface area contributed by atoms with Crippen molar-refractivity contribution in [3.63, 3.8) is 0 Å². The van der Waals surface area contributed by atoms with Crippen molar-refractivity contribution in [3.05, 3.63) is 33.8 Å². The molecule has 0 amide bonds. The van der Waals surface area contributed by atoms with Crippen LogP contribution in [0, 0.1) is 13.8 Å². The number of benzene rings is 1. The maximum atomic E-state index is 5.52. The molecule has 0 saturated carbocycles. The molecule has 15 heavy (non-hydrogen) atoms.